The van der Waals surface area contributed by atoms with Crippen molar-refractivity contribution in [2.45, 2.75) is 49.8 Å². The fourth-order valence-electron chi connectivity index (χ4n) is 3.54. The average Bonchev–Trinajstić information content (AvgIpc) is 3.23. The Morgan fingerprint density at radius 1 is 1.14 bits per heavy atom. The predicted molar refractivity (Wildman–Crippen MR) is 94.5 cm³/mol. The third kappa shape index (κ3) is 4.19. The van der Waals surface area contributed by atoms with Gasteiger partial charge in [-0.3, -0.25) is 4.79 Å². The van der Waals surface area contributed by atoms with E-state index in [1.165, 1.54) is 44.2 Å². The number of nitrogens with zero attached hydrogens (tertiary/aromatic N) is 1. The summed E-state index contributed by atoms with van der Waals surface area (Å²) in [7, 11) is 0. The number of hydrogen-bond acceptors (Lipinski definition) is 3. The molecule has 1 aliphatic heterocycles. The fraction of sp³-hybridized carbons (Fsp3) is 0.611. The molecule has 1 aromatic carbocycles. The van der Waals surface area contributed by atoms with Crippen LogP contribution < -0.4 is 10.2 Å². The molecule has 0 bridgehead atoms. The number of thioether (sulfide) groups is 1. The van der Waals surface area contributed by atoms with Gasteiger partial charge >= 0.3 is 0 Å². The van der Waals surface area contributed by atoms with Crippen LogP contribution in [0.1, 0.15) is 38.5 Å². The number of nitrogens with one attached hydrogen (secondary N) is 1. The number of anilines is 1. The van der Waals surface area contributed by atoms with E-state index >= 15 is 0 Å². The van der Waals surface area contributed by atoms with Gasteiger partial charge in [0, 0.05) is 30.1 Å². The number of benzene rings is 1. The first-order valence-corrected chi connectivity index (χ1v) is 9.58. The van der Waals surface area contributed by atoms with Crippen LogP contribution in [-0.2, 0) is 4.79 Å². The maximum atomic E-state index is 12.0. The zero-order chi connectivity index (χ0) is 15.2. The van der Waals surface area contributed by atoms with Crippen molar-refractivity contribution in [2.75, 3.05) is 23.7 Å². The Balaban J connectivity index is 1.43. The monoisotopic (exact) mass is 318 g/mol. The molecule has 1 heterocycles. The second-order valence-corrected chi connectivity index (χ2v) is 7.64. The van der Waals surface area contributed by atoms with Gasteiger partial charge in [-0.2, -0.15) is 0 Å². The maximum Gasteiger partial charge on any atom is 0.230 e. The fourth-order valence-corrected chi connectivity index (χ4v) is 4.69. The minimum Gasteiger partial charge on any atom is -0.367 e. The molecule has 2 aliphatic rings. The molecule has 0 spiro atoms. The summed E-state index contributed by atoms with van der Waals surface area (Å²) in [6.07, 6.45) is 7.66. The summed E-state index contributed by atoms with van der Waals surface area (Å²) in [5.41, 5.74) is 1.28. The number of carbonyl (C=O) groups is 1. The standard InChI is InChI=1S/C18H26N2OS/c21-18(14-22-17-10-4-5-11-17)19-13-16-9-6-12-20(16)15-7-2-1-3-8-15/h1-3,7-8,16-17H,4-6,9-14H2,(H,19,21)/t16-/m0/s1. The van der Waals surface area contributed by atoms with Crippen LogP contribution in [0.3, 0.4) is 0 Å². The molecule has 3 nitrogen and oxygen atoms in total. The van der Waals surface area contributed by atoms with Crippen molar-refractivity contribution in [2.24, 2.45) is 0 Å². The average molecular weight is 318 g/mol. The number of rotatable bonds is 6. The largest absolute Gasteiger partial charge is 0.367 e. The second-order valence-electron chi connectivity index (χ2n) is 6.35. The molecular formula is C18H26N2OS. The second kappa shape index (κ2) is 7.91. The molecule has 1 amide bonds. The molecule has 0 radical (unpaired) electrons. The number of amides is 1. The Bertz CT molecular complexity index is 473. The van der Waals surface area contributed by atoms with E-state index in [9.17, 15) is 4.79 Å². The molecule has 0 aromatic heterocycles. The van der Waals surface area contributed by atoms with Crippen molar-refractivity contribution in [3.8, 4) is 0 Å². The SMILES string of the molecule is O=C(CSC1CCCC1)NC[C@@H]1CCCN1c1ccccc1. The lowest BCUT2D eigenvalue weighted by Gasteiger charge is -2.27. The normalized spacial score (nSPS) is 22.2. The Morgan fingerprint density at radius 2 is 1.91 bits per heavy atom. The highest BCUT2D eigenvalue weighted by Gasteiger charge is 2.25. The van der Waals surface area contributed by atoms with Crippen LogP contribution in [0.15, 0.2) is 30.3 Å². The minimum atomic E-state index is 0.205. The van der Waals surface area contributed by atoms with Crippen molar-refractivity contribution in [1.29, 1.82) is 0 Å². The first-order chi connectivity index (χ1) is 10.8. The smallest absolute Gasteiger partial charge is 0.230 e. The first-order valence-electron chi connectivity index (χ1n) is 8.53. The van der Waals surface area contributed by atoms with Crippen LogP contribution in [0, 0.1) is 0 Å². The van der Waals surface area contributed by atoms with Crippen LogP contribution in [0.2, 0.25) is 0 Å². The highest BCUT2D eigenvalue weighted by Crippen LogP contribution is 2.29. The van der Waals surface area contributed by atoms with Gasteiger partial charge < -0.3 is 10.2 Å². The molecule has 1 saturated carbocycles. The summed E-state index contributed by atoms with van der Waals surface area (Å²) in [5.74, 6) is 0.833. The topological polar surface area (TPSA) is 32.3 Å². The van der Waals surface area contributed by atoms with E-state index in [4.69, 9.17) is 0 Å². The molecule has 2 fully saturated rings. The van der Waals surface area contributed by atoms with Gasteiger partial charge in [-0.25, -0.2) is 0 Å². The van der Waals surface area contributed by atoms with Crippen molar-refractivity contribution in [1.82, 2.24) is 5.32 Å². The van der Waals surface area contributed by atoms with E-state index in [0.717, 1.165) is 18.3 Å². The third-order valence-corrected chi connectivity index (χ3v) is 6.12. The first kappa shape index (κ1) is 15.7. The minimum absolute atomic E-state index is 0.205. The van der Waals surface area contributed by atoms with Gasteiger partial charge in [0.1, 0.15) is 0 Å². The van der Waals surface area contributed by atoms with Crippen molar-refractivity contribution in [3.05, 3.63) is 30.3 Å². The van der Waals surface area contributed by atoms with Gasteiger partial charge in [-0.15, -0.1) is 11.8 Å². The number of carbonyl (C=O) groups excluding carboxylic acids is 1. The molecule has 1 saturated heterocycles. The van der Waals surface area contributed by atoms with Gasteiger partial charge in [0.2, 0.25) is 5.91 Å². The highest BCUT2D eigenvalue weighted by molar-refractivity contribution is 8.00. The Labute approximate surface area is 137 Å². The lowest BCUT2D eigenvalue weighted by atomic mass is 10.2. The molecular weight excluding hydrogens is 292 g/mol. The summed E-state index contributed by atoms with van der Waals surface area (Å²) in [4.78, 5) is 14.5. The van der Waals surface area contributed by atoms with E-state index in [-0.39, 0.29) is 5.91 Å². The zero-order valence-corrected chi connectivity index (χ0v) is 14.0. The molecule has 120 valence electrons. The van der Waals surface area contributed by atoms with Gasteiger partial charge in [0.25, 0.3) is 0 Å². The summed E-state index contributed by atoms with van der Waals surface area (Å²) >= 11 is 1.85. The van der Waals surface area contributed by atoms with Gasteiger partial charge in [-0.1, -0.05) is 31.0 Å². The van der Waals surface area contributed by atoms with E-state index in [1.807, 2.05) is 11.8 Å². The van der Waals surface area contributed by atoms with E-state index in [2.05, 4.69) is 40.5 Å². The quantitative estimate of drug-likeness (QED) is 0.872. The van der Waals surface area contributed by atoms with Crippen molar-refractivity contribution < 1.29 is 4.79 Å². The van der Waals surface area contributed by atoms with Crippen LogP contribution in [0.5, 0.6) is 0 Å². The van der Waals surface area contributed by atoms with Crippen LogP contribution in [-0.4, -0.2) is 36.0 Å². The van der Waals surface area contributed by atoms with Gasteiger partial charge in [0.15, 0.2) is 0 Å². The molecule has 3 rings (SSSR count). The summed E-state index contributed by atoms with van der Waals surface area (Å²) in [6.45, 7) is 1.88. The van der Waals surface area contributed by atoms with E-state index in [0.29, 0.717) is 11.8 Å². The van der Waals surface area contributed by atoms with Gasteiger partial charge in [0.05, 0.1) is 5.75 Å². The zero-order valence-electron chi connectivity index (χ0n) is 13.2. The molecule has 1 aromatic rings. The van der Waals surface area contributed by atoms with Crippen LogP contribution in [0.4, 0.5) is 5.69 Å². The molecule has 4 heteroatoms. The Morgan fingerprint density at radius 3 is 2.68 bits per heavy atom. The van der Waals surface area contributed by atoms with Crippen LogP contribution in [0.25, 0.3) is 0 Å². The lowest BCUT2D eigenvalue weighted by Crippen LogP contribution is -2.40. The molecule has 1 aliphatic carbocycles. The van der Waals surface area contributed by atoms with E-state index in [1.54, 1.807) is 0 Å². The summed E-state index contributed by atoms with van der Waals surface area (Å²) < 4.78 is 0. The Kier molecular flexibility index (Phi) is 5.65. The summed E-state index contributed by atoms with van der Waals surface area (Å²) in [6, 6.07) is 11.0. The molecule has 0 unspecified atom stereocenters. The number of hydrogen-bond donors (Lipinski definition) is 1. The number of para-hydroxylation sites is 1. The molecule has 22 heavy (non-hydrogen) atoms. The molecule has 1 atom stereocenters. The van der Waals surface area contributed by atoms with Crippen molar-refractivity contribution >= 4 is 23.4 Å². The van der Waals surface area contributed by atoms with Crippen molar-refractivity contribution in [3.63, 3.8) is 0 Å². The lowest BCUT2D eigenvalue weighted by molar-refractivity contribution is -0.118. The predicted octanol–water partition coefficient (Wildman–Crippen LogP) is 3.45. The van der Waals surface area contributed by atoms with E-state index < -0.39 is 0 Å². The van der Waals surface area contributed by atoms with Crippen LogP contribution >= 0.6 is 11.8 Å². The summed E-state index contributed by atoms with van der Waals surface area (Å²) in [5, 5.41) is 3.87. The molecule has 1 N–H and O–H groups in total. The van der Waals surface area contributed by atoms with Gasteiger partial charge in [-0.05, 0) is 37.8 Å². The maximum absolute atomic E-state index is 12.0. The highest BCUT2D eigenvalue weighted by atomic mass is 32.2. The Hall–Kier alpha value is -1.16. The third-order valence-electron chi connectivity index (χ3n) is 4.75.